The Balaban J connectivity index is 1.99. The van der Waals surface area contributed by atoms with Crippen LogP contribution in [0.3, 0.4) is 0 Å². The summed E-state index contributed by atoms with van der Waals surface area (Å²) in [5.41, 5.74) is 9.42. The van der Waals surface area contributed by atoms with Gasteiger partial charge in [-0.15, -0.1) is 0 Å². The van der Waals surface area contributed by atoms with Gasteiger partial charge in [-0.2, -0.15) is 11.8 Å². The average Bonchev–Trinajstić information content (AvgIpc) is 2.97. The monoisotopic (exact) mass is 219 g/mol. The predicted octanol–water partition coefficient (Wildman–Crippen LogP) is 2.51. The summed E-state index contributed by atoms with van der Waals surface area (Å²) in [4.78, 5) is 0. The molecule has 1 nitrogen and oxygen atoms in total. The molecule has 0 unspecified atom stereocenters. The first-order valence-electron chi connectivity index (χ1n) is 5.73. The lowest BCUT2D eigenvalue weighted by atomic mass is 9.86. The summed E-state index contributed by atoms with van der Waals surface area (Å²) in [6.45, 7) is 0.823. The van der Waals surface area contributed by atoms with E-state index in [-0.39, 0.29) is 0 Å². The Morgan fingerprint density at radius 1 is 1.27 bits per heavy atom. The topological polar surface area (TPSA) is 26.0 Å². The zero-order valence-electron chi connectivity index (χ0n) is 8.91. The Morgan fingerprint density at radius 2 is 2.00 bits per heavy atom. The molecule has 0 spiro atoms. The van der Waals surface area contributed by atoms with Gasteiger partial charge in [0, 0.05) is 29.4 Å². The van der Waals surface area contributed by atoms with Gasteiger partial charge in [0.25, 0.3) is 0 Å². The largest absolute Gasteiger partial charge is 0.330 e. The van der Waals surface area contributed by atoms with Crippen molar-refractivity contribution in [1.29, 1.82) is 0 Å². The molecule has 0 radical (unpaired) electrons. The minimum atomic E-state index is 0.358. The van der Waals surface area contributed by atoms with Crippen LogP contribution in [0.1, 0.15) is 29.9 Å². The molecule has 0 atom stereocenters. The molecule has 15 heavy (non-hydrogen) atoms. The molecule has 80 valence electrons. The third-order valence-electron chi connectivity index (χ3n) is 3.85. The number of hydrogen-bond donors (Lipinski definition) is 1. The van der Waals surface area contributed by atoms with Gasteiger partial charge in [0.15, 0.2) is 0 Å². The summed E-state index contributed by atoms with van der Waals surface area (Å²) in [6.07, 6.45) is 2.58. The molecule has 2 heteroatoms. The third kappa shape index (κ3) is 1.51. The second-order valence-corrected chi connectivity index (χ2v) is 5.88. The fourth-order valence-corrected chi connectivity index (χ4v) is 3.32. The summed E-state index contributed by atoms with van der Waals surface area (Å²) in [5, 5.41) is 0. The predicted molar refractivity (Wildman–Crippen MR) is 66.5 cm³/mol. The van der Waals surface area contributed by atoms with Gasteiger partial charge in [0.05, 0.1) is 0 Å². The van der Waals surface area contributed by atoms with Crippen LogP contribution >= 0.6 is 11.8 Å². The first-order chi connectivity index (χ1) is 7.36. The number of nitrogens with two attached hydrogens (primary N) is 1. The molecule has 2 fully saturated rings. The highest BCUT2D eigenvalue weighted by molar-refractivity contribution is 8.00. The molecule has 2 N–H and O–H groups in total. The highest BCUT2D eigenvalue weighted by Crippen LogP contribution is 2.50. The van der Waals surface area contributed by atoms with Crippen molar-refractivity contribution in [1.82, 2.24) is 0 Å². The molecular weight excluding hydrogens is 202 g/mol. The zero-order valence-corrected chi connectivity index (χ0v) is 9.72. The number of rotatable bonds is 3. The number of hydrogen-bond acceptors (Lipinski definition) is 2. The van der Waals surface area contributed by atoms with Crippen molar-refractivity contribution in [3.8, 4) is 0 Å². The van der Waals surface area contributed by atoms with Crippen molar-refractivity contribution < 1.29 is 0 Å². The lowest BCUT2D eigenvalue weighted by molar-refractivity contribution is 0.680. The van der Waals surface area contributed by atoms with Gasteiger partial charge in [-0.1, -0.05) is 24.3 Å². The van der Waals surface area contributed by atoms with Crippen molar-refractivity contribution in [3.05, 3.63) is 35.4 Å². The summed E-state index contributed by atoms with van der Waals surface area (Å²) in [7, 11) is 0. The van der Waals surface area contributed by atoms with E-state index in [1.807, 2.05) is 0 Å². The van der Waals surface area contributed by atoms with Crippen LogP contribution in [0.15, 0.2) is 24.3 Å². The van der Waals surface area contributed by atoms with E-state index in [2.05, 4.69) is 36.0 Å². The first kappa shape index (κ1) is 9.73. The highest BCUT2D eigenvalue weighted by Gasteiger charge is 2.45. The van der Waals surface area contributed by atoms with Gasteiger partial charge in [0.2, 0.25) is 0 Å². The maximum atomic E-state index is 5.92. The molecule has 1 aliphatic heterocycles. The van der Waals surface area contributed by atoms with Crippen LogP contribution in [0.2, 0.25) is 0 Å². The van der Waals surface area contributed by atoms with Crippen molar-refractivity contribution in [3.63, 3.8) is 0 Å². The van der Waals surface area contributed by atoms with Gasteiger partial charge in [-0.3, -0.25) is 0 Å². The molecule has 0 amide bonds. The van der Waals surface area contributed by atoms with Crippen molar-refractivity contribution in [2.24, 2.45) is 5.73 Å². The Bertz CT molecular complexity index is 367. The molecule has 0 bridgehead atoms. The van der Waals surface area contributed by atoms with Crippen LogP contribution in [0.5, 0.6) is 0 Å². The van der Waals surface area contributed by atoms with Gasteiger partial charge in [-0.05, 0) is 24.0 Å². The molecule has 1 saturated carbocycles. The lowest BCUT2D eigenvalue weighted by Gasteiger charge is -2.29. The summed E-state index contributed by atoms with van der Waals surface area (Å²) < 4.78 is 0. The van der Waals surface area contributed by atoms with E-state index in [1.54, 1.807) is 11.1 Å². The minimum Gasteiger partial charge on any atom is -0.330 e. The van der Waals surface area contributed by atoms with Gasteiger partial charge < -0.3 is 5.73 Å². The lowest BCUT2D eigenvalue weighted by Crippen LogP contribution is -2.25. The van der Waals surface area contributed by atoms with Crippen LogP contribution in [-0.4, -0.2) is 18.1 Å². The number of benzene rings is 1. The first-order valence-corrected chi connectivity index (χ1v) is 6.88. The Morgan fingerprint density at radius 3 is 2.53 bits per heavy atom. The van der Waals surface area contributed by atoms with Crippen LogP contribution in [0.25, 0.3) is 0 Å². The number of thioether (sulfide) groups is 1. The zero-order chi connectivity index (χ0) is 10.3. The highest BCUT2D eigenvalue weighted by atomic mass is 32.2. The van der Waals surface area contributed by atoms with E-state index in [1.165, 1.54) is 24.3 Å². The Hall–Kier alpha value is -0.470. The second kappa shape index (κ2) is 3.53. The van der Waals surface area contributed by atoms with Gasteiger partial charge in [-0.25, -0.2) is 0 Å². The summed E-state index contributed by atoms with van der Waals surface area (Å²) in [6, 6.07) is 8.96. The SMILES string of the molecule is NCC1(c2ccccc2C2CSC2)CC1. The van der Waals surface area contributed by atoms with Crippen molar-refractivity contribution >= 4 is 11.8 Å². The molecule has 1 heterocycles. The van der Waals surface area contributed by atoms with Gasteiger partial charge in [0.1, 0.15) is 0 Å². The van der Waals surface area contributed by atoms with Crippen LogP contribution < -0.4 is 5.73 Å². The smallest absolute Gasteiger partial charge is 0.00790 e. The van der Waals surface area contributed by atoms with Crippen molar-refractivity contribution in [2.75, 3.05) is 18.1 Å². The summed E-state index contributed by atoms with van der Waals surface area (Å²) >= 11 is 2.06. The molecule has 0 aromatic heterocycles. The van der Waals surface area contributed by atoms with E-state index in [4.69, 9.17) is 5.73 Å². The quantitative estimate of drug-likeness (QED) is 0.845. The summed E-state index contributed by atoms with van der Waals surface area (Å²) in [5.74, 6) is 3.41. The van der Waals surface area contributed by atoms with Crippen molar-refractivity contribution in [2.45, 2.75) is 24.2 Å². The fourth-order valence-electron chi connectivity index (χ4n) is 2.49. The normalized spacial score (nSPS) is 23.5. The second-order valence-electron chi connectivity index (χ2n) is 4.81. The molecule has 1 saturated heterocycles. The molecule has 1 aromatic carbocycles. The average molecular weight is 219 g/mol. The maximum absolute atomic E-state index is 5.92. The van der Waals surface area contributed by atoms with E-state index in [9.17, 15) is 0 Å². The minimum absolute atomic E-state index is 0.358. The molecular formula is C13H17NS. The van der Waals surface area contributed by atoms with E-state index < -0.39 is 0 Å². The van der Waals surface area contributed by atoms with Gasteiger partial charge >= 0.3 is 0 Å². The molecule has 1 aliphatic carbocycles. The van der Waals surface area contributed by atoms with E-state index in [0.717, 1.165) is 12.5 Å². The molecule has 1 aromatic rings. The third-order valence-corrected chi connectivity index (χ3v) is 5.13. The van der Waals surface area contributed by atoms with Crippen LogP contribution in [0.4, 0.5) is 0 Å². The van der Waals surface area contributed by atoms with E-state index in [0.29, 0.717) is 5.41 Å². The Kier molecular flexibility index (Phi) is 2.29. The van der Waals surface area contributed by atoms with Crippen LogP contribution in [0, 0.1) is 0 Å². The standard InChI is InChI=1S/C13H17NS/c14-9-13(5-6-13)12-4-2-1-3-11(12)10-7-15-8-10/h1-4,10H,5-9,14H2. The molecule has 3 rings (SSSR count). The van der Waals surface area contributed by atoms with E-state index >= 15 is 0 Å². The fraction of sp³-hybridized carbons (Fsp3) is 0.538. The molecule has 2 aliphatic rings. The Labute approximate surface area is 95.4 Å². The van der Waals surface area contributed by atoms with Crippen LogP contribution in [-0.2, 0) is 5.41 Å². The maximum Gasteiger partial charge on any atom is 0.00790 e.